The molecule has 2 heterocycles. The fraction of sp³-hybridized carbons (Fsp3) is 0.257. The molecule has 0 aliphatic carbocycles. The Morgan fingerprint density at radius 1 is 1.08 bits per heavy atom. The van der Waals surface area contributed by atoms with E-state index in [1.54, 1.807) is 35.2 Å². The number of carbonyl (C=O) groups is 3. The number of carboxylic acids is 1. The van der Waals surface area contributed by atoms with E-state index in [4.69, 9.17) is 23.2 Å². The number of nitrogens with one attached hydrogen (secondary N) is 1. The summed E-state index contributed by atoms with van der Waals surface area (Å²) in [5.41, 5.74) is 2.63. The molecule has 1 aromatic heterocycles. The Hall–Kier alpha value is -3.72. The van der Waals surface area contributed by atoms with Gasteiger partial charge in [-0.15, -0.1) is 0 Å². The van der Waals surface area contributed by atoms with Crippen LogP contribution < -0.4 is 24.8 Å². The molecule has 2 atom stereocenters. The maximum absolute atomic E-state index is 13.1. The number of aldehydes is 1. The molecule has 262 valence electrons. The zero-order valence-corrected chi connectivity index (χ0v) is 30.9. The number of benzene rings is 3. The van der Waals surface area contributed by atoms with Gasteiger partial charge in [-0.05, 0) is 74.4 Å². The lowest BCUT2D eigenvalue weighted by Gasteiger charge is -2.32. The van der Waals surface area contributed by atoms with Crippen molar-refractivity contribution in [2.24, 2.45) is 0 Å². The molecule has 1 N–H and O–H groups in total. The Bertz CT molecular complexity index is 1980. The van der Waals surface area contributed by atoms with Crippen molar-refractivity contribution in [3.63, 3.8) is 0 Å². The van der Waals surface area contributed by atoms with Gasteiger partial charge in [-0.25, -0.2) is 0 Å². The van der Waals surface area contributed by atoms with Crippen LogP contribution in [0.1, 0.15) is 41.6 Å². The number of halogens is 2. The third-order valence-electron chi connectivity index (χ3n) is 8.01. The van der Waals surface area contributed by atoms with Crippen LogP contribution in [0.2, 0.25) is 10.0 Å². The van der Waals surface area contributed by atoms with E-state index in [9.17, 15) is 28.3 Å². The second-order valence-electron chi connectivity index (χ2n) is 11.4. The summed E-state index contributed by atoms with van der Waals surface area (Å²) < 4.78 is 25.7. The van der Waals surface area contributed by atoms with Crippen LogP contribution in [0.15, 0.2) is 82.9 Å². The molecule has 0 bridgehead atoms. The fourth-order valence-corrected chi connectivity index (χ4v) is 8.49. The number of carboxylic acid groups (broad SMARTS) is 1. The van der Waals surface area contributed by atoms with Crippen LogP contribution in [0.25, 0.3) is 16.3 Å². The van der Waals surface area contributed by atoms with Gasteiger partial charge < -0.3 is 29.6 Å². The molecule has 1 amide bonds. The standard InChI is InChI=1S/C35H34Cl2N4O6S3/c1-22(41(23(2)35(44)45)27-10-6-24(21-42)7-11-27)34(43)38-14-3-4-15-39-28-18-25(36)8-12-30(28)48-32(39)20-33-40(16-5-17-50(46)47)29-19-26(37)9-13-31(29)49-33/h6-13,18-21,23H,1,3-5,14-17H2,2H3,(H2-,38,43,44,45,46,47)/p-1. The van der Waals surface area contributed by atoms with Crippen LogP contribution in [-0.4, -0.2) is 51.8 Å². The van der Waals surface area contributed by atoms with Gasteiger partial charge in [0.1, 0.15) is 16.7 Å². The van der Waals surface area contributed by atoms with Gasteiger partial charge in [-0.3, -0.25) is 13.8 Å². The normalized spacial score (nSPS) is 14.4. The van der Waals surface area contributed by atoms with Gasteiger partial charge in [0, 0.05) is 57.5 Å². The van der Waals surface area contributed by atoms with Crippen molar-refractivity contribution < 1.29 is 32.8 Å². The number of thioether (sulfide) groups is 1. The summed E-state index contributed by atoms with van der Waals surface area (Å²) in [6, 6.07) is 16.4. The summed E-state index contributed by atoms with van der Waals surface area (Å²) >= 11 is 13.8. The van der Waals surface area contributed by atoms with Crippen LogP contribution in [0.3, 0.4) is 0 Å². The average Bonchev–Trinajstić information content (AvgIpc) is 3.60. The molecule has 1 aliphatic heterocycles. The van der Waals surface area contributed by atoms with Crippen molar-refractivity contribution in [1.29, 1.82) is 0 Å². The van der Waals surface area contributed by atoms with E-state index in [-0.39, 0.29) is 11.4 Å². The van der Waals surface area contributed by atoms with E-state index in [0.29, 0.717) is 66.5 Å². The molecule has 0 saturated heterocycles. The number of aliphatic carboxylic acids is 1. The lowest BCUT2D eigenvalue weighted by Crippen LogP contribution is -2.48. The number of aromatic nitrogens is 1. The first-order chi connectivity index (χ1) is 24.0. The number of hydrogen-bond donors (Lipinski definition) is 1. The van der Waals surface area contributed by atoms with Crippen LogP contribution >= 0.6 is 46.3 Å². The summed E-state index contributed by atoms with van der Waals surface area (Å²) in [5.74, 6) is -1.85. The number of rotatable bonds is 16. The van der Waals surface area contributed by atoms with Crippen LogP contribution in [0.5, 0.6) is 0 Å². The molecule has 0 spiro atoms. The minimum absolute atomic E-state index is 0.0535. The smallest absolute Gasteiger partial charge is 0.267 e. The molecule has 0 radical (unpaired) electrons. The van der Waals surface area contributed by atoms with Crippen LogP contribution in [0, 0.1) is 0 Å². The number of nitrogens with zero attached hydrogens (tertiary/aromatic N) is 3. The minimum atomic E-state index is -2.14. The third kappa shape index (κ3) is 8.95. The summed E-state index contributed by atoms with van der Waals surface area (Å²) in [5, 5.41) is 17.7. The van der Waals surface area contributed by atoms with E-state index >= 15 is 0 Å². The van der Waals surface area contributed by atoms with Crippen molar-refractivity contribution in [3.8, 4) is 0 Å². The fourth-order valence-electron chi connectivity index (χ4n) is 5.51. The molecule has 15 heteroatoms. The van der Waals surface area contributed by atoms with E-state index in [1.165, 1.54) is 24.0 Å². The molecule has 2 unspecified atom stereocenters. The lowest BCUT2D eigenvalue weighted by atomic mass is 10.1. The first-order valence-electron chi connectivity index (χ1n) is 15.6. The van der Waals surface area contributed by atoms with E-state index in [2.05, 4.69) is 27.4 Å². The molecule has 4 aromatic rings. The highest BCUT2D eigenvalue weighted by atomic mass is 35.5. The van der Waals surface area contributed by atoms with Crippen LogP contribution in [0.4, 0.5) is 11.4 Å². The monoisotopic (exact) mass is 771 g/mol. The van der Waals surface area contributed by atoms with Gasteiger partial charge >= 0.3 is 0 Å². The Morgan fingerprint density at radius 3 is 2.50 bits per heavy atom. The quantitative estimate of drug-likeness (QED) is 0.0512. The average molecular weight is 773 g/mol. The predicted octanol–water partition coefficient (Wildman–Crippen LogP) is 5.54. The molecule has 0 fully saturated rings. The Morgan fingerprint density at radius 2 is 1.80 bits per heavy atom. The van der Waals surface area contributed by atoms with Gasteiger partial charge in [0.05, 0.1) is 28.8 Å². The van der Waals surface area contributed by atoms with Crippen molar-refractivity contribution in [2.75, 3.05) is 28.6 Å². The zero-order chi connectivity index (χ0) is 35.9. The second kappa shape index (κ2) is 17.0. The van der Waals surface area contributed by atoms with E-state index in [0.717, 1.165) is 30.8 Å². The molecule has 0 saturated carbocycles. The summed E-state index contributed by atoms with van der Waals surface area (Å²) in [7, 11) is 0. The SMILES string of the molecule is C=C(C(=O)NCCCCN1/C(=C/c2sc3ccc(Cl)cc3[n+]2CCCS(=O)[O-])Sc2ccc(Cl)cc21)N(c1ccc(C=O)cc1)C(C)C(=O)[O-]. The molecule has 10 nitrogen and oxygen atoms in total. The van der Waals surface area contributed by atoms with Gasteiger partial charge in [-0.1, -0.05) is 64.0 Å². The Labute approximate surface area is 310 Å². The van der Waals surface area contributed by atoms with Gasteiger partial charge in [0.2, 0.25) is 5.52 Å². The number of hydrogen-bond acceptors (Lipinski definition) is 10. The minimum Gasteiger partial charge on any atom is -0.772 e. The van der Waals surface area contributed by atoms with Gasteiger partial charge in [0.25, 0.3) is 10.9 Å². The van der Waals surface area contributed by atoms with Crippen molar-refractivity contribution in [2.45, 2.75) is 43.7 Å². The number of anilines is 2. The Kier molecular flexibility index (Phi) is 12.8. The molecular weight excluding hydrogens is 740 g/mol. The number of carbonyl (C=O) groups excluding carboxylic acids is 3. The predicted molar refractivity (Wildman–Crippen MR) is 198 cm³/mol. The number of thiazole rings is 1. The Balaban J connectivity index is 1.29. The van der Waals surface area contributed by atoms with Gasteiger partial charge in [-0.2, -0.15) is 4.57 Å². The largest absolute Gasteiger partial charge is 0.772 e. The lowest BCUT2D eigenvalue weighted by molar-refractivity contribution is -0.668. The third-order valence-corrected chi connectivity index (χ3v) is 11.3. The molecular formula is C35H33Cl2N4O6S3-. The zero-order valence-electron chi connectivity index (χ0n) is 26.9. The van der Waals surface area contributed by atoms with Crippen molar-refractivity contribution in [3.05, 3.63) is 98.6 Å². The number of amides is 1. The summed E-state index contributed by atoms with van der Waals surface area (Å²) in [6.45, 7) is 6.70. The molecule has 1 aliphatic rings. The van der Waals surface area contributed by atoms with E-state index in [1.807, 2.05) is 36.4 Å². The molecule has 3 aromatic carbocycles. The summed E-state index contributed by atoms with van der Waals surface area (Å²) in [6.07, 6.45) is 4.54. The summed E-state index contributed by atoms with van der Waals surface area (Å²) in [4.78, 5) is 40.5. The first-order valence-corrected chi connectivity index (χ1v) is 19.3. The van der Waals surface area contributed by atoms with Crippen molar-refractivity contribution in [1.82, 2.24) is 5.32 Å². The maximum Gasteiger partial charge on any atom is 0.267 e. The van der Waals surface area contributed by atoms with Crippen LogP contribution in [-0.2, 0) is 27.2 Å². The topological polar surface area (TPSA) is 137 Å². The van der Waals surface area contributed by atoms with E-state index < -0.39 is 29.0 Å². The number of fused-ring (bicyclic) bond motifs is 2. The molecule has 50 heavy (non-hydrogen) atoms. The highest BCUT2D eigenvalue weighted by Crippen LogP contribution is 2.48. The highest BCUT2D eigenvalue weighted by Gasteiger charge is 2.29. The first kappa shape index (κ1) is 37.5. The maximum atomic E-state index is 13.1. The van der Waals surface area contributed by atoms with Crippen molar-refractivity contribution >= 4 is 103 Å². The second-order valence-corrected chi connectivity index (χ2v) is 15.4. The van der Waals surface area contributed by atoms with Gasteiger partial charge in [0.15, 0.2) is 6.54 Å². The number of aryl methyl sites for hydroxylation is 1. The highest BCUT2D eigenvalue weighted by molar-refractivity contribution is 8.03. The number of unbranched alkanes of at least 4 members (excludes halogenated alkanes) is 1. The molecule has 5 rings (SSSR count).